The van der Waals surface area contributed by atoms with Crippen LogP contribution >= 0.6 is 11.6 Å². The van der Waals surface area contributed by atoms with Crippen LogP contribution in [0, 0.1) is 0 Å². The molecule has 158 valence electrons. The zero-order chi connectivity index (χ0) is 21.9. The van der Waals surface area contributed by atoms with E-state index in [9.17, 15) is 18.0 Å². The van der Waals surface area contributed by atoms with Crippen LogP contribution in [-0.2, 0) is 15.6 Å². The van der Waals surface area contributed by atoms with Gasteiger partial charge < -0.3 is 15.1 Å². The molecule has 2 N–H and O–H groups in total. The van der Waals surface area contributed by atoms with Crippen molar-refractivity contribution >= 4 is 49.9 Å². The number of carbonyl (C=O) groups excluding carboxylic acids is 2. The minimum atomic E-state index is -3.40. The summed E-state index contributed by atoms with van der Waals surface area (Å²) in [7, 11) is -3.40. The monoisotopic (exact) mass is 448 g/mol. The summed E-state index contributed by atoms with van der Waals surface area (Å²) in [6, 6.07) is 11.4. The third kappa shape index (κ3) is 5.01. The molecule has 1 aromatic heterocycles. The van der Waals surface area contributed by atoms with E-state index in [0.29, 0.717) is 34.3 Å². The molecule has 3 aromatic rings. The van der Waals surface area contributed by atoms with Crippen molar-refractivity contribution in [3.63, 3.8) is 0 Å². The molecular weight excluding hydrogens is 428 g/mol. The van der Waals surface area contributed by atoms with Gasteiger partial charge in [-0.25, -0.2) is 8.42 Å². The van der Waals surface area contributed by atoms with Crippen LogP contribution < -0.4 is 10.6 Å². The van der Waals surface area contributed by atoms with E-state index in [1.807, 2.05) is 6.92 Å². The highest BCUT2D eigenvalue weighted by atomic mass is 35.5. The molecule has 2 aromatic carbocycles. The highest BCUT2D eigenvalue weighted by Crippen LogP contribution is 2.29. The Bertz CT molecular complexity index is 1220. The number of carbonyl (C=O) groups is 2. The number of halogens is 1. The average Bonchev–Trinajstić information content (AvgIpc) is 3.03. The number of rotatable bonds is 7. The number of fused-ring (bicyclic) bond motifs is 1. The normalized spacial score (nSPS) is 11.4. The summed E-state index contributed by atoms with van der Waals surface area (Å²) in [5, 5.41) is 6.14. The number of hydrogen-bond donors (Lipinski definition) is 2. The number of para-hydroxylation sites is 1. The van der Waals surface area contributed by atoms with E-state index in [1.165, 1.54) is 12.1 Å². The van der Waals surface area contributed by atoms with Crippen LogP contribution in [0.2, 0.25) is 5.02 Å². The van der Waals surface area contributed by atoms with Gasteiger partial charge in [0.15, 0.2) is 15.6 Å². The fourth-order valence-corrected chi connectivity index (χ4v) is 4.06. The Labute approximate surface area is 179 Å². The Morgan fingerprint density at radius 1 is 1.10 bits per heavy atom. The largest absolute Gasteiger partial charge is 0.451 e. The molecule has 0 aliphatic rings. The smallest absolute Gasteiger partial charge is 0.291 e. The first-order valence-electron chi connectivity index (χ1n) is 9.27. The molecule has 3 rings (SSSR count). The van der Waals surface area contributed by atoms with Crippen LogP contribution in [0.1, 0.15) is 39.8 Å². The molecule has 0 unspecified atom stereocenters. The molecule has 0 fully saturated rings. The average molecular weight is 449 g/mol. The van der Waals surface area contributed by atoms with Gasteiger partial charge in [0.1, 0.15) is 5.58 Å². The van der Waals surface area contributed by atoms with Gasteiger partial charge in [0.2, 0.25) is 0 Å². The van der Waals surface area contributed by atoms with Crippen molar-refractivity contribution in [3.8, 4) is 0 Å². The maximum atomic E-state index is 12.8. The zero-order valence-corrected chi connectivity index (χ0v) is 18.1. The van der Waals surface area contributed by atoms with Gasteiger partial charge in [-0.15, -0.1) is 0 Å². The summed E-state index contributed by atoms with van der Waals surface area (Å²) in [5.41, 5.74) is 1.36. The van der Waals surface area contributed by atoms with Gasteiger partial charge in [0.25, 0.3) is 11.8 Å². The molecule has 0 radical (unpaired) electrons. The van der Waals surface area contributed by atoms with Crippen LogP contribution in [0.25, 0.3) is 11.0 Å². The number of nitrogens with one attached hydrogen (secondary N) is 2. The van der Waals surface area contributed by atoms with Crippen LogP contribution in [-0.4, -0.2) is 33.0 Å². The maximum Gasteiger partial charge on any atom is 0.291 e. The summed E-state index contributed by atoms with van der Waals surface area (Å²) < 4.78 is 29.4. The van der Waals surface area contributed by atoms with Gasteiger partial charge in [0.05, 0.1) is 16.3 Å². The predicted molar refractivity (Wildman–Crippen MR) is 117 cm³/mol. The summed E-state index contributed by atoms with van der Waals surface area (Å²) in [4.78, 5) is 24.9. The van der Waals surface area contributed by atoms with Crippen LogP contribution in [0.15, 0.2) is 46.9 Å². The highest BCUT2D eigenvalue weighted by Gasteiger charge is 2.23. The molecule has 0 bridgehead atoms. The molecule has 0 saturated carbocycles. The molecule has 30 heavy (non-hydrogen) atoms. The topological polar surface area (TPSA) is 105 Å². The first-order chi connectivity index (χ1) is 14.2. The van der Waals surface area contributed by atoms with E-state index < -0.39 is 15.7 Å². The van der Waals surface area contributed by atoms with E-state index in [2.05, 4.69) is 10.6 Å². The second-order valence-corrected chi connectivity index (χ2v) is 9.43. The van der Waals surface area contributed by atoms with Gasteiger partial charge >= 0.3 is 0 Å². The number of anilines is 1. The van der Waals surface area contributed by atoms with E-state index in [4.69, 9.17) is 16.0 Å². The molecular formula is C21H21ClN2O5S. The number of sulfone groups is 1. The van der Waals surface area contributed by atoms with Crippen molar-refractivity contribution in [1.82, 2.24) is 5.32 Å². The molecule has 1 heterocycles. The van der Waals surface area contributed by atoms with E-state index >= 15 is 0 Å². The van der Waals surface area contributed by atoms with Crippen LogP contribution in [0.5, 0.6) is 0 Å². The third-order valence-electron chi connectivity index (χ3n) is 4.32. The van der Waals surface area contributed by atoms with Gasteiger partial charge in [-0.3, -0.25) is 9.59 Å². The van der Waals surface area contributed by atoms with Crippen molar-refractivity contribution in [1.29, 1.82) is 0 Å². The van der Waals surface area contributed by atoms with Gasteiger partial charge in [-0.1, -0.05) is 36.7 Å². The number of hydrogen-bond acceptors (Lipinski definition) is 5. The molecule has 7 nitrogen and oxygen atoms in total. The highest BCUT2D eigenvalue weighted by molar-refractivity contribution is 7.89. The van der Waals surface area contributed by atoms with Crippen LogP contribution in [0.3, 0.4) is 0 Å². The minimum Gasteiger partial charge on any atom is -0.451 e. The second-order valence-electron chi connectivity index (χ2n) is 6.88. The van der Waals surface area contributed by atoms with Crippen molar-refractivity contribution in [2.45, 2.75) is 19.1 Å². The van der Waals surface area contributed by atoms with Gasteiger partial charge in [0, 0.05) is 29.4 Å². The second kappa shape index (κ2) is 8.89. The van der Waals surface area contributed by atoms with Crippen molar-refractivity contribution in [2.75, 3.05) is 18.1 Å². The summed E-state index contributed by atoms with van der Waals surface area (Å²) in [6.07, 6.45) is 1.89. The Hall–Kier alpha value is -2.84. The molecule has 0 aliphatic carbocycles. The lowest BCUT2D eigenvalue weighted by Gasteiger charge is -2.09. The van der Waals surface area contributed by atoms with Gasteiger partial charge in [-0.2, -0.15) is 0 Å². The number of amides is 2. The lowest BCUT2D eigenvalue weighted by molar-refractivity contribution is 0.0953. The first kappa shape index (κ1) is 21.9. The van der Waals surface area contributed by atoms with Crippen molar-refractivity contribution in [3.05, 3.63) is 64.4 Å². The summed E-state index contributed by atoms with van der Waals surface area (Å²) >= 11 is 6.20. The van der Waals surface area contributed by atoms with Crippen molar-refractivity contribution in [2.24, 2.45) is 0 Å². The fraction of sp³-hybridized carbons (Fsp3) is 0.238. The molecule has 0 atom stereocenters. The lowest BCUT2D eigenvalue weighted by atomic mass is 10.1. The quantitative estimate of drug-likeness (QED) is 0.567. The first-order valence-corrected chi connectivity index (χ1v) is 11.7. The summed E-state index contributed by atoms with van der Waals surface area (Å²) in [5.74, 6) is -1.32. The van der Waals surface area contributed by atoms with E-state index in [0.717, 1.165) is 12.7 Å². The molecule has 0 aliphatic heterocycles. The van der Waals surface area contributed by atoms with Crippen molar-refractivity contribution < 1.29 is 22.4 Å². The number of benzene rings is 2. The van der Waals surface area contributed by atoms with E-state index in [1.54, 1.807) is 30.3 Å². The third-order valence-corrected chi connectivity index (χ3v) is 5.44. The minimum absolute atomic E-state index is 0.0810. The molecule has 2 amide bonds. The Kier molecular flexibility index (Phi) is 6.48. The standard InChI is InChI=1S/C21H21ClN2O5S/c1-3-10-23-20(25)15-9-8-13(11-17(15)22)24-21(26)19-16(12-30(2,27)28)14-6-4-5-7-18(14)29-19/h4-9,11H,3,10,12H2,1-2H3,(H,23,25)(H,24,26). The molecule has 9 heteroatoms. The SMILES string of the molecule is CCCNC(=O)c1ccc(NC(=O)c2oc3ccccc3c2CS(C)(=O)=O)cc1Cl. The Morgan fingerprint density at radius 2 is 1.83 bits per heavy atom. The Balaban J connectivity index is 1.89. The predicted octanol–water partition coefficient (Wildman–Crippen LogP) is 4.02. The van der Waals surface area contributed by atoms with Gasteiger partial charge in [-0.05, 0) is 30.7 Å². The Morgan fingerprint density at radius 3 is 2.50 bits per heavy atom. The summed E-state index contributed by atoms with van der Waals surface area (Å²) in [6.45, 7) is 2.47. The molecule has 0 spiro atoms. The zero-order valence-electron chi connectivity index (χ0n) is 16.5. The lowest BCUT2D eigenvalue weighted by Crippen LogP contribution is -2.24. The number of furan rings is 1. The molecule has 0 saturated heterocycles. The maximum absolute atomic E-state index is 12.8. The van der Waals surface area contributed by atoms with Crippen LogP contribution in [0.4, 0.5) is 5.69 Å². The fourth-order valence-electron chi connectivity index (χ4n) is 2.99. The van der Waals surface area contributed by atoms with E-state index in [-0.39, 0.29) is 22.4 Å².